The summed E-state index contributed by atoms with van der Waals surface area (Å²) in [5, 5.41) is 2.33. The molecule has 0 amide bonds. The Morgan fingerprint density at radius 3 is 2.68 bits per heavy atom. The molecular weight excluding hydrogens is 252 g/mol. The molecule has 1 aromatic heterocycles. The van der Waals surface area contributed by atoms with E-state index < -0.39 is 0 Å². The van der Waals surface area contributed by atoms with Crippen LogP contribution in [0.2, 0.25) is 0 Å². The smallest absolute Gasteiger partial charge is 0.100 e. The number of fused-ring (bicyclic) bond motifs is 1. The van der Waals surface area contributed by atoms with Crippen LogP contribution in [0.4, 0.5) is 0 Å². The van der Waals surface area contributed by atoms with E-state index in [0.29, 0.717) is 6.04 Å². The second-order valence-electron chi connectivity index (χ2n) is 6.01. The van der Waals surface area contributed by atoms with Gasteiger partial charge in [-0.1, -0.05) is 45.0 Å². The SMILES string of the molecule is CC(C)(C)[C@H]1CSC(c2cccc3cccnc23)=N1. The van der Waals surface area contributed by atoms with E-state index in [1.165, 1.54) is 10.9 Å². The normalized spacial score (nSPS) is 19.7. The van der Waals surface area contributed by atoms with Crippen LogP contribution in [-0.4, -0.2) is 21.8 Å². The third-order valence-corrected chi connectivity index (χ3v) is 4.59. The highest BCUT2D eigenvalue weighted by molar-refractivity contribution is 8.14. The zero-order valence-electron chi connectivity index (χ0n) is 11.6. The lowest BCUT2D eigenvalue weighted by Gasteiger charge is -2.23. The van der Waals surface area contributed by atoms with Gasteiger partial charge < -0.3 is 0 Å². The number of hydrogen-bond donors (Lipinski definition) is 0. The zero-order chi connectivity index (χ0) is 13.5. The van der Waals surface area contributed by atoms with Crippen molar-refractivity contribution in [3.63, 3.8) is 0 Å². The third-order valence-electron chi connectivity index (χ3n) is 3.51. The Balaban J connectivity index is 2.07. The number of aromatic nitrogens is 1. The Morgan fingerprint density at radius 2 is 1.95 bits per heavy atom. The Bertz CT molecular complexity index is 635. The van der Waals surface area contributed by atoms with Gasteiger partial charge in [-0.2, -0.15) is 0 Å². The van der Waals surface area contributed by atoms with Gasteiger partial charge in [-0.3, -0.25) is 9.98 Å². The molecule has 1 aliphatic rings. The predicted octanol–water partition coefficient (Wildman–Crippen LogP) is 4.14. The largest absolute Gasteiger partial charge is 0.273 e. The summed E-state index contributed by atoms with van der Waals surface area (Å²) in [6.45, 7) is 6.77. The number of nitrogens with zero attached hydrogens (tertiary/aromatic N) is 2. The van der Waals surface area contributed by atoms with Gasteiger partial charge in [-0.15, -0.1) is 11.8 Å². The molecule has 19 heavy (non-hydrogen) atoms. The predicted molar refractivity (Wildman–Crippen MR) is 84.0 cm³/mol. The molecule has 2 aromatic rings. The number of benzene rings is 1. The van der Waals surface area contributed by atoms with Crippen LogP contribution in [0.25, 0.3) is 10.9 Å². The molecule has 1 aromatic carbocycles. The van der Waals surface area contributed by atoms with E-state index in [1.54, 1.807) is 0 Å². The van der Waals surface area contributed by atoms with Gasteiger partial charge >= 0.3 is 0 Å². The van der Waals surface area contributed by atoms with Crippen LogP contribution in [-0.2, 0) is 0 Å². The van der Waals surface area contributed by atoms with Crippen LogP contribution in [0.15, 0.2) is 41.5 Å². The van der Waals surface area contributed by atoms with Crippen molar-refractivity contribution in [2.24, 2.45) is 10.4 Å². The molecule has 2 heterocycles. The Morgan fingerprint density at radius 1 is 1.16 bits per heavy atom. The molecule has 1 atom stereocenters. The average molecular weight is 270 g/mol. The second kappa shape index (κ2) is 4.64. The fraction of sp³-hybridized carbons (Fsp3) is 0.375. The van der Waals surface area contributed by atoms with Crippen molar-refractivity contribution in [3.05, 3.63) is 42.1 Å². The van der Waals surface area contributed by atoms with Crippen LogP contribution >= 0.6 is 11.8 Å². The summed E-state index contributed by atoms with van der Waals surface area (Å²) in [6.07, 6.45) is 1.85. The van der Waals surface area contributed by atoms with Crippen molar-refractivity contribution in [3.8, 4) is 0 Å². The number of aliphatic imine (C=N–C) groups is 1. The number of thioether (sulfide) groups is 1. The van der Waals surface area contributed by atoms with Gasteiger partial charge in [0.2, 0.25) is 0 Å². The Labute approximate surface area is 118 Å². The maximum absolute atomic E-state index is 4.92. The quantitative estimate of drug-likeness (QED) is 0.778. The van der Waals surface area contributed by atoms with Gasteiger partial charge in [0.05, 0.1) is 11.6 Å². The summed E-state index contributed by atoms with van der Waals surface area (Å²) in [6, 6.07) is 10.8. The third kappa shape index (κ3) is 2.39. The van der Waals surface area contributed by atoms with Crippen molar-refractivity contribution >= 4 is 27.7 Å². The van der Waals surface area contributed by atoms with E-state index in [1.807, 2.05) is 24.0 Å². The molecule has 0 radical (unpaired) electrons. The number of pyridine rings is 1. The Kier molecular flexibility index (Phi) is 3.09. The highest BCUT2D eigenvalue weighted by atomic mass is 32.2. The van der Waals surface area contributed by atoms with Crippen LogP contribution in [0.1, 0.15) is 26.3 Å². The van der Waals surface area contributed by atoms with Gasteiger partial charge in [-0.25, -0.2) is 0 Å². The van der Waals surface area contributed by atoms with Crippen molar-refractivity contribution in [1.29, 1.82) is 0 Å². The van der Waals surface area contributed by atoms with Crippen molar-refractivity contribution < 1.29 is 0 Å². The average Bonchev–Trinajstić information content (AvgIpc) is 2.87. The van der Waals surface area contributed by atoms with Crippen LogP contribution in [0.5, 0.6) is 0 Å². The minimum atomic E-state index is 0.229. The molecule has 0 spiro atoms. The first-order valence-corrected chi connectivity index (χ1v) is 7.59. The topological polar surface area (TPSA) is 25.2 Å². The summed E-state index contributed by atoms with van der Waals surface area (Å²) in [7, 11) is 0. The zero-order valence-corrected chi connectivity index (χ0v) is 12.4. The fourth-order valence-electron chi connectivity index (χ4n) is 2.24. The van der Waals surface area contributed by atoms with E-state index in [0.717, 1.165) is 16.3 Å². The van der Waals surface area contributed by atoms with Gasteiger partial charge in [0.25, 0.3) is 0 Å². The molecule has 0 fully saturated rings. The van der Waals surface area contributed by atoms with E-state index in [4.69, 9.17) is 4.99 Å². The highest BCUT2D eigenvalue weighted by Crippen LogP contribution is 2.34. The minimum absolute atomic E-state index is 0.229. The standard InChI is InChI=1S/C16H18N2S/c1-16(2,3)13-10-19-15(18-13)12-8-4-6-11-7-5-9-17-14(11)12/h4-9,13H,10H2,1-3H3/t13-/m1/s1. The summed E-state index contributed by atoms with van der Waals surface area (Å²) < 4.78 is 0. The molecule has 3 heteroatoms. The first-order valence-electron chi connectivity index (χ1n) is 6.60. The van der Waals surface area contributed by atoms with Crippen molar-refractivity contribution in [2.75, 3.05) is 5.75 Å². The molecule has 1 aliphatic heterocycles. The van der Waals surface area contributed by atoms with Gasteiger partial charge in [-0.05, 0) is 11.5 Å². The maximum Gasteiger partial charge on any atom is 0.100 e. The van der Waals surface area contributed by atoms with Crippen LogP contribution in [0.3, 0.4) is 0 Å². The molecule has 2 nitrogen and oxygen atoms in total. The van der Waals surface area contributed by atoms with Crippen LogP contribution < -0.4 is 0 Å². The molecular formula is C16H18N2S. The fourth-order valence-corrected chi connectivity index (χ4v) is 3.65. The molecule has 3 rings (SSSR count). The van der Waals surface area contributed by atoms with Crippen molar-refractivity contribution in [1.82, 2.24) is 4.98 Å². The molecule has 0 bridgehead atoms. The van der Waals surface area contributed by atoms with E-state index in [-0.39, 0.29) is 5.41 Å². The molecule has 0 N–H and O–H groups in total. The van der Waals surface area contributed by atoms with Crippen molar-refractivity contribution in [2.45, 2.75) is 26.8 Å². The highest BCUT2D eigenvalue weighted by Gasteiger charge is 2.30. The molecule has 0 aliphatic carbocycles. The van der Waals surface area contributed by atoms with E-state index >= 15 is 0 Å². The molecule has 0 saturated heterocycles. The Hall–Kier alpha value is -1.35. The van der Waals surface area contributed by atoms with Crippen LogP contribution in [0, 0.1) is 5.41 Å². The lowest BCUT2D eigenvalue weighted by atomic mass is 9.88. The monoisotopic (exact) mass is 270 g/mol. The lowest BCUT2D eigenvalue weighted by Crippen LogP contribution is -2.24. The summed E-state index contributed by atoms with van der Waals surface area (Å²) in [5.74, 6) is 1.07. The summed E-state index contributed by atoms with van der Waals surface area (Å²) in [4.78, 5) is 9.44. The number of rotatable bonds is 1. The second-order valence-corrected chi connectivity index (χ2v) is 7.02. The first kappa shape index (κ1) is 12.7. The molecule has 98 valence electrons. The maximum atomic E-state index is 4.92. The minimum Gasteiger partial charge on any atom is -0.273 e. The number of para-hydroxylation sites is 1. The van der Waals surface area contributed by atoms with Gasteiger partial charge in [0.15, 0.2) is 0 Å². The van der Waals surface area contributed by atoms with Gasteiger partial charge in [0.1, 0.15) is 5.04 Å². The summed E-state index contributed by atoms with van der Waals surface area (Å²) in [5.41, 5.74) is 2.47. The van der Waals surface area contributed by atoms with E-state index in [2.05, 4.69) is 50.0 Å². The van der Waals surface area contributed by atoms with Gasteiger partial charge in [0, 0.05) is 22.9 Å². The summed E-state index contributed by atoms with van der Waals surface area (Å²) >= 11 is 1.86. The number of hydrogen-bond acceptors (Lipinski definition) is 3. The van der Waals surface area contributed by atoms with E-state index in [9.17, 15) is 0 Å². The lowest BCUT2D eigenvalue weighted by molar-refractivity contribution is 0.349. The molecule has 0 saturated carbocycles. The molecule has 0 unspecified atom stereocenters. The first-order chi connectivity index (χ1) is 9.05.